The summed E-state index contributed by atoms with van der Waals surface area (Å²) in [7, 11) is 0. The molecule has 2 nitrogen and oxygen atoms in total. The highest BCUT2D eigenvalue weighted by molar-refractivity contribution is 6.30. The first kappa shape index (κ1) is 15.8. The summed E-state index contributed by atoms with van der Waals surface area (Å²) in [5.41, 5.74) is 7.28. The van der Waals surface area contributed by atoms with Crippen LogP contribution in [0.3, 0.4) is 0 Å². The van der Waals surface area contributed by atoms with Crippen molar-refractivity contribution in [2.75, 3.05) is 0 Å². The molecule has 4 unspecified atom stereocenters. The number of hydrogen-bond acceptors (Lipinski definition) is 2. The van der Waals surface area contributed by atoms with Crippen molar-refractivity contribution in [3.8, 4) is 0 Å². The minimum atomic E-state index is -0.0376. The summed E-state index contributed by atoms with van der Waals surface area (Å²) >= 11 is 5.96. The molecule has 0 amide bonds. The second-order valence-electron chi connectivity index (χ2n) is 5.96. The van der Waals surface area contributed by atoms with Crippen LogP contribution >= 0.6 is 11.6 Å². The first-order valence-corrected chi connectivity index (χ1v) is 8.16. The number of rotatable bonds is 5. The maximum atomic E-state index is 6.41. The fourth-order valence-corrected chi connectivity index (χ4v) is 3.29. The second-order valence-corrected chi connectivity index (χ2v) is 6.40. The lowest BCUT2D eigenvalue weighted by atomic mass is 9.84. The molecule has 4 atom stereocenters. The molecule has 112 valence electrons. The number of halogens is 1. The van der Waals surface area contributed by atoms with Crippen molar-refractivity contribution >= 4 is 11.6 Å². The fraction of sp³-hybridized carbons (Fsp3) is 0.647. The van der Waals surface area contributed by atoms with Crippen molar-refractivity contribution in [1.82, 2.24) is 0 Å². The van der Waals surface area contributed by atoms with Gasteiger partial charge in [0.2, 0.25) is 0 Å². The van der Waals surface area contributed by atoms with Crippen molar-refractivity contribution < 1.29 is 4.74 Å². The zero-order valence-electron chi connectivity index (χ0n) is 12.5. The predicted molar refractivity (Wildman–Crippen MR) is 85.0 cm³/mol. The number of benzene rings is 1. The summed E-state index contributed by atoms with van der Waals surface area (Å²) in [6, 6.07) is 7.86. The SMILES string of the molecule is CCC1CCCCC1OC(c1ccc(Cl)cc1)C(C)N. The van der Waals surface area contributed by atoms with Crippen LogP contribution in [0.25, 0.3) is 0 Å². The van der Waals surface area contributed by atoms with Gasteiger partial charge in [0.25, 0.3) is 0 Å². The molecule has 0 radical (unpaired) electrons. The van der Waals surface area contributed by atoms with Crippen LogP contribution in [0, 0.1) is 5.92 Å². The highest BCUT2D eigenvalue weighted by atomic mass is 35.5. The monoisotopic (exact) mass is 295 g/mol. The van der Waals surface area contributed by atoms with Crippen LogP contribution in [0.5, 0.6) is 0 Å². The van der Waals surface area contributed by atoms with Gasteiger partial charge in [-0.2, -0.15) is 0 Å². The number of hydrogen-bond donors (Lipinski definition) is 1. The Kier molecular flexibility index (Phi) is 5.88. The third kappa shape index (κ3) is 3.97. The van der Waals surface area contributed by atoms with Crippen LogP contribution < -0.4 is 5.73 Å². The maximum absolute atomic E-state index is 6.41. The molecule has 1 fully saturated rings. The quantitative estimate of drug-likeness (QED) is 0.853. The van der Waals surface area contributed by atoms with E-state index < -0.39 is 0 Å². The van der Waals surface area contributed by atoms with Gasteiger partial charge in [-0.1, -0.05) is 49.9 Å². The van der Waals surface area contributed by atoms with E-state index in [4.69, 9.17) is 22.1 Å². The van der Waals surface area contributed by atoms with Crippen molar-refractivity contribution in [1.29, 1.82) is 0 Å². The first-order valence-electron chi connectivity index (χ1n) is 7.78. The molecule has 2 N–H and O–H groups in total. The average molecular weight is 296 g/mol. The van der Waals surface area contributed by atoms with E-state index in [1.807, 2.05) is 31.2 Å². The Labute approximate surface area is 127 Å². The summed E-state index contributed by atoms with van der Waals surface area (Å²) in [6.45, 7) is 4.28. The van der Waals surface area contributed by atoms with Crippen LogP contribution in [-0.2, 0) is 4.74 Å². The lowest BCUT2D eigenvalue weighted by molar-refractivity contribution is -0.0700. The van der Waals surface area contributed by atoms with Gasteiger partial charge in [-0.15, -0.1) is 0 Å². The molecule has 0 spiro atoms. The van der Waals surface area contributed by atoms with Crippen molar-refractivity contribution in [2.24, 2.45) is 11.7 Å². The van der Waals surface area contributed by atoms with Gasteiger partial charge in [-0.05, 0) is 43.4 Å². The molecule has 0 heterocycles. The molecular weight excluding hydrogens is 270 g/mol. The molecule has 0 bridgehead atoms. The minimum absolute atomic E-state index is 0.0180. The van der Waals surface area contributed by atoms with E-state index in [0.29, 0.717) is 12.0 Å². The molecule has 2 rings (SSSR count). The molecule has 3 heteroatoms. The summed E-state index contributed by atoms with van der Waals surface area (Å²) in [6.07, 6.45) is 6.56. The van der Waals surface area contributed by atoms with Gasteiger partial charge >= 0.3 is 0 Å². The largest absolute Gasteiger partial charge is 0.368 e. The van der Waals surface area contributed by atoms with Gasteiger partial charge < -0.3 is 10.5 Å². The molecule has 20 heavy (non-hydrogen) atoms. The van der Waals surface area contributed by atoms with E-state index in [1.165, 1.54) is 25.7 Å². The van der Waals surface area contributed by atoms with E-state index in [1.54, 1.807) is 0 Å². The Balaban J connectivity index is 2.10. The maximum Gasteiger partial charge on any atom is 0.0976 e. The Morgan fingerprint density at radius 1 is 1.25 bits per heavy atom. The Bertz CT molecular complexity index is 404. The molecule has 1 aliphatic carbocycles. The van der Waals surface area contributed by atoms with E-state index in [0.717, 1.165) is 17.0 Å². The average Bonchev–Trinajstić information content (AvgIpc) is 2.46. The highest BCUT2D eigenvalue weighted by Crippen LogP contribution is 2.34. The summed E-state index contributed by atoms with van der Waals surface area (Å²) in [5.74, 6) is 0.678. The molecule has 0 saturated heterocycles. The molecule has 1 saturated carbocycles. The molecule has 1 aromatic carbocycles. The normalized spacial score (nSPS) is 26.2. The smallest absolute Gasteiger partial charge is 0.0976 e. The van der Waals surface area contributed by atoms with Gasteiger partial charge in [-0.25, -0.2) is 0 Å². The van der Waals surface area contributed by atoms with Gasteiger partial charge in [-0.3, -0.25) is 0 Å². The highest BCUT2D eigenvalue weighted by Gasteiger charge is 2.29. The minimum Gasteiger partial charge on any atom is -0.368 e. The Hall–Kier alpha value is -0.570. The van der Waals surface area contributed by atoms with Crippen LogP contribution in [0.2, 0.25) is 5.02 Å². The third-order valence-electron chi connectivity index (χ3n) is 4.36. The predicted octanol–water partition coefficient (Wildman–Crippen LogP) is 4.71. The van der Waals surface area contributed by atoms with Gasteiger partial charge in [0.15, 0.2) is 0 Å². The van der Waals surface area contributed by atoms with Crippen molar-refractivity contribution in [2.45, 2.75) is 64.2 Å². The van der Waals surface area contributed by atoms with Crippen LogP contribution in [0.1, 0.15) is 57.6 Å². The van der Waals surface area contributed by atoms with E-state index in [2.05, 4.69) is 6.92 Å². The van der Waals surface area contributed by atoms with E-state index >= 15 is 0 Å². The van der Waals surface area contributed by atoms with Crippen molar-refractivity contribution in [3.05, 3.63) is 34.9 Å². The third-order valence-corrected chi connectivity index (χ3v) is 4.61. The zero-order valence-corrected chi connectivity index (χ0v) is 13.3. The lowest BCUT2D eigenvalue weighted by Gasteiger charge is -2.35. The van der Waals surface area contributed by atoms with Crippen LogP contribution in [0.15, 0.2) is 24.3 Å². The van der Waals surface area contributed by atoms with Crippen molar-refractivity contribution in [3.63, 3.8) is 0 Å². The first-order chi connectivity index (χ1) is 9.61. The van der Waals surface area contributed by atoms with E-state index in [-0.39, 0.29) is 12.1 Å². The van der Waals surface area contributed by atoms with Gasteiger partial charge in [0, 0.05) is 11.1 Å². The fourth-order valence-electron chi connectivity index (χ4n) is 3.17. The molecule has 1 aromatic rings. The zero-order chi connectivity index (χ0) is 14.5. The van der Waals surface area contributed by atoms with E-state index in [9.17, 15) is 0 Å². The van der Waals surface area contributed by atoms with Gasteiger partial charge in [0.05, 0.1) is 12.2 Å². The second kappa shape index (κ2) is 7.44. The molecule has 0 aliphatic heterocycles. The van der Waals surface area contributed by atoms with Gasteiger partial charge in [0.1, 0.15) is 0 Å². The summed E-state index contributed by atoms with van der Waals surface area (Å²) in [4.78, 5) is 0. The van der Waals surface area contributed by atoms with Crippen LogP contribution in [0.4, 0.5) is 0 Å². The standard InChI is InChI=1S/C17H26ClNO/c1-3-13-6-4-5-7-16(13)20-17(12(2)19)14-8-10-15(18)11-9-14/h8-13,16-17H,3-7,19H2,1-2H3. The lowest BCUT2D eigenvalue weighted by Crippen LogP contribution is -2.35. The topological polar surface area (TPSA) is 35.2 Å². The number of nitrogens with two attached hydrogens (primary N) is 1. The summed E-state index contributed by atoms with van der Waals surface area (Å²) in [5, 5.41) is 0.751. The Morgan fingerprint density at radius 3 is 2.50 bits per heavy atom. The molecular formula is C17H26ClNO. The molecule has 0 aromatic heterocycles. The Morgan fingerprint density at radius 2 is 1.90 bits per heavy atom. The molecule has 1 aliphatic rings. The summed E-state index contributed by atoms with van der Waals surface area (Å²) < 4.78 is 6.41. The number of ether oxygens (including phenoxy) is 1. The van der Waals surface area contributed by atoms with Crippen LogP contribution in [-0.4, -0.2) is 12.1 Å².